The topological polar surface area (TPSA) is 51.5 Å². The Morgan fingerprint density at radius 1 is 1.13 bits per heavy atom. The summed E-state index contributed by atoms with van der Waals surface area (Å²) in [6.45, 7) is 5.43. The molecule has 1 unspecified atom stereocenters. The van der Waals surface area contributed by atoms with Crippen molar-refractivity contribution in [3.63, 3.8) is 0 Å². The predicted octanol–water partition coefficient (Wildman–Crippen LogP) is 2.64. The van der Waals surface area contributed by atoms with Gasteiger partial charge in [0.05, 0.1) is 18.4 Å². The smallest absolute Gasteiger partial charge is 0.214 e. The van der Waals surface area contributed by atoms with Crippen LogP contribution in [0.15, 0.2) is 42.6 Å². The second kappa shape index (κ2) is 6.37. The molecule has 1 aromatic heterocycles. The van der Waals surface area contributed by atoms with Gasteiger partial charge in [-0.1, -0.05) is 12.1 Å². The first-order valence-corrected chi connectivity index (χ1v) is 9.55. The minimum atomic E-state index is -3.27. The average molecular weight is 334 g/mol. The summed E-state index contributed by atoms with van der Waals surface area (Å²) in [4.78, 5) is 0. The molecule has 0 radical (unpaired) electrons. The van der Waals surface area contributed by atoms with Gasteiger partial charge in [0.15, 0.2) is 0 Å². The highest BCUT2D eigenvalue weighted by molar-refractivity contribution is 7.89. The summed E-state index contributed by atoms with van der Waals surface area (Å²) >= 11 is 0. The summed E-state index contributed by atoms with van der Waals surface area (Å²) < 4.78 is 34.3. The zero-order valence-corrected chi connectivity index (χ0v) is 14.3. The van der Waals surface area contributed by atoms with Crippen LogP contribution >= 0.6 is 0 Å². The Balaban J connectivity index is 2.04. The van der Waals surface area contributed by atoms with E-state index in [2.05, 4.69) is 4.57 Å². The van der Waals surface area contributed by atoms with E-state index in [1.165, 1.54) is 0 Å². The van der Waals surface area contributed by atoms with Crippen LogP contribution in [0, 0.1) is 0 Å². The standard InChI is InChI=1S/C17H22N2O3S/c1-3-22-15-9-7-14(8-10-15)17-16-6-5-11-18(16)12-13-19(17)23(20,21)4-2/h5-11,17H,3-4,12-13H2,1-2H3. The van der Waals surface area contributed by atoms with Crippen molar-refractivity contribution < 1.29 is 13.2 Å². The van der Waals surface area contributed by atoms with Crippen LogP contribution in [0.5, 0.6) is 5.75 Å². The van der Waals surface area contributed by atoms with Gasteiger partial charge >= 0.3 is 0 Å². The number of benzene rings is 1. The number of hydrogen-bond acceptors (Lipinski definition) is 3. The molecule has 0 N–H and O–H groups in total. The van der Waals surface area contributed by atoms with Crippen molar-refractivity contribution in [3.05, 3.63) is 53.9 Å². The van der Waals surface area contributed by atoms with Gasteiger partial charge in [-0.25, -0.2) is 8.42 Å². The van der Waals surface area contributed by atoms with Gasteiger partial charge in [-0.2, -0.15) is 4.31 Å². The summed E-state index contributed by atoms with van der Waals surface area (Å²) in [5.41, 5.74) is 1.97. The van der Waals surface area contributed by atoms with Crippen LogP contribution in [0.1, 0.15) is 31.1 Å². The summed E-state index contributed by atoms with van der Waals surface area (Å²) in [6, 6.07) is 11.4. The molecule has 124 valence electrons. The molecule has 1 atom stereocenters. The summed E-state index contributed by atoms with van der Waals surface area (Å²) in [5.74, 6) is 0.911. The lowest BCUT2D eigenvalue weighted by molar-refractivity contribution is 0.298. The van der Waals surface area contributed by atoms with Gasteiger partial charge in [0, 0.05) is 25.0 Å². The molecule has 1 aromatic carbocycles. The Bertz CT molecular complexity index is 765. The molecule has 0 aliphatic carbocycles. The maximum atomic E-state index is 12.5. The van der Waals surface area contributed by atoms with Crippen molar-refractivity contribution in [2.24, 2.45) is 0 Å². The third-order valence-corrected chi connectivity index (χ3v) is 6.06. The van der Waals surface area contributed by atoms with Crippen LogP contribution in [0.25, 0.3) is 0 Å². The van der Waals surface area contributed by atoms with E-state index in [9.17, 15) is 8.42 Å². The maximum Gasteiger partial charge on any atom is 0.214 e. The minimum absolute atomic E-state index is 0.112. The van der Waals surface area contributed by atoms with Gasteiger partial charge in [-0.3, -0.25) is 0 Å². The normalized spacial score (nSPS) is 18.6. The molecule has 1 aliphatic rings. The monoisotopic (exact) mass is 334 g/mol. The number of hydrogen-bond donors (Lipinski definition) is 0. The van der Waals surface area contributed by atoms with Gasteiger partial charge in [-0.05, 0) is 43.7 Å². The molecule has 5 nitrogen and oxygen atoms in total. The highest BCUT2D eigenvalue weighted by Gasteiger charge is 2.35. The second-order valence-corrected chi connectivity index (χ2v) is 7.75. The predicted molar refractivity (Wildman–Crippen MR) is 90.1 cm³/mol. The summed E-state index contributed by atoms with van der Waals surface area (Å²) in [7, 11) is -3.27. The van der Waals surface area contributed by atoms with Crippen LogP contribution in [0.4, 0.5) is 0 Å². The minimum Gasteiger partial charge on any atom is -0.494 e. The van der Waals surface area contributed by atoms with E-state index in [0.29, 0.717) is 19.7 Å². The van der Waals surface area contributed by atoms with Gasteiger partial charge in [0.1, 0.15) is 5.75 Å². The molecule has 0 fully saturated rings. The summed E-state index contributed by atoms with van der Waals surface area (Å²) in [6.07, 6.45) is 2.01. The van der Waals surface area contributed by atoms with Crippen molar-refractivity contribution in [2.75, 3.05) is 18.9 Å². The molecule has 2 heterocycles. The third kappa shape index (κ3) is 3.01. The fourth-order valence-electron chi connectivity index (χ4n) is 3.08. The lowest BCUT2D eigenvalue weighted by Gasteiger charge is -2.36. The van der Waals surface area contributed by atoms with Gasteiger partial charge in [-0.15, -0.1) is 0 Å². The van der Waals surface area contributed by atoms with Crippen LogP contribution in [0.3, 0.4) is 0 Å². The van der Waals surface area contributed by atoms with Crippen LogP contribution < -0.4 is 4.74 Å². The number of nitrogens with zero attached hydrogens (tertiary/aromatic N) is 2. The van der Waals surface area contributed by atoms with Crippen molar-refractivity contribution in [3.8, 4) is 5.75 Å². The number of rotatable bonds is 5. The largest absolute Gasteiger partial charge is 0.494 e. The Hall–Kier alpha value is -1.79. The fraction of sp³-hybridized carbons (Fsp3) is 0.412. The van der Waals surface area contributed by atoms with Crippen molar-refractivity contribution >= 4 is 10.0 Å². The fourth-order valence-corrected chi connectivity index (χ4v) is 4.32. The van der Waals surface area contributed by atoms with Gasteiger partial charge in [0.25, 0.3) is 0 Å². The van der Waals surface area contributed by atoms with E-state index >= 15 is 0 Å². The highest BCUT2D eigenvalue weighted by atomic mass is 32.2. The summed E-state index contributed by atoms with van der Waals surface area (Å²) in [5, 5.41) is 0. The number of sulfonamides is 1. The number of ether oxygens (including phenoxy) is 1. The number of aromatic nitrogens is 1. The van der Waals surface area contributed by atoms with Crippen LogP contribution in [-0.4, -0.2) is 36.2 Å². The van der Waals surface area contributed by atoms with Crippen molar-refractivity contribution in [2.45, 2.75) is 26.4 Å². The second-order valence-electron chi connectivity index (χ2n) is 5.54. The van der Waals surface area contributed by atoms with E-state index < -0.39 is 10.0 Å². The molecule has 0 spiro atoms. The van der Waals surface area contributed by atoms with Crippen molar-refractivity contribution in [1.29, 1.82) is 0 Å². The maximum absolute atomic E-state index is 12.5. The lowest BCUT2D eigenvalue weighted by atomic mass is 10.0. The van der Waals surface area contributed by atoms with E-state index in [1.54, 1.807) is 11.2 Å². The third-order valence-electron chi connectivity index (χ3n) is 4.22. The van der Waals surface area contributed by atoms with Gasteiger partial charge < -0.3 is 9.30 Å². The Morgan fingerprint density at radius 2 is 1.87 bits per heavy atom. The molecule has 2 aromatic rings. The molecule has 0 amide bonds. The molecular weight excluding hydrogens is 312 g/mol. The number of fused-ring (bicyclic) bond motifs is 1. The Morgan fingerprint density at radius 3 is 2.52 bits per heavy atom. The zero-order valence-electron chi connectivity index (χ0n) is 13.5. The quantitative estimate of drug-likeness (QED) is 0.845. The molecule has 0 saturated heterocycles. The highest BCUT2D eigenvalue weighted by Crippen LogP contribution is 2.35. The van der Waals surface area contributed by atoms with Crippen LogP contribution in [-0.2, 0) is 16.6 Å². The average Bonchev–Trinajstić information content (AvgIpc) is 3.03. The van der Waals surface area contributed by atoms with E-state index in [1.807, 2.05) is 49.5 Å². The van der Waals surface area contributed by atoms with E-state index in [-0.39, 0.29) is 11.8 Å². The molecule has 0 bridgehead atoms. The zero-order chi connectivity index (χ0) is 16.4. The molecule has 23 heavy (non-hydrogen) atoms. The van der Waals surface area contributed by atoms with Gasteiger partial charge in [0.2, 0.25) is 10.0 Å². The molecule has 6 heteroatoms. The first kappa shape index (κ1) is 16.1. The van der Waals surface area contributed by atoms with Crippen molar-refractivity contribution in [1.82, 2.24) is 8.87 Å². The Kier molecular flexibility index (Phi) is 4.46. The molecular formula is C17H22N2O3S. The SMILES string of the molecule is CCOc1ccc(C2c3cccn3CCN2S(=O)(=O)CC)cc1. The molecule has 1 aliphatic heterocycles. The van der Waals surface area contributed by atoms with Crippen LogP contribution in [0.2, 0.25) is 0 Å². The Labute approximate surface area is 137 Å². The lowest BCUT2D eigenvalue weighted by Crippen LogP contribution is -2.43. The first-order chi connectivity index (χ1) is 11.1. The molecule has 3 rings (SSSR count). The molecule has 0 saturated carbocycles. The first-order valence-electron chi connectivity index (χ1n) is 7.94. The van der Waals surface area contributed by atoms with E-state index in [0.717, 1.165) is 17.0 Å². The van der Waals surface area contributed by atoms with E-state index in [4.69, 9.17) is 4.74 Å².